The molecule has 1 aliphatic carbocycles. The number of rotatable bonds is 4. The molecule has 0 atom stereocenters. The predicted octanol–water partition coefficient (Wildman–Crippen LogP) is 2.59. The summed E-state index contributed by atoms with van der Waals surface area (Å²) < 4.78 is 5.62. The third-order valence-corrected chi connectivity index (χ3v) is 2.86. The quantitative estimate of drug-likeness (QED) is 0.831. The van der Waals surface area contributed by atoms with Crippen LogP contribution in [-0.4, -0.2) is 6.61 Å². The van der Waals surface area contributed by atoms with Crippen molar-refractivity contribution in [1.29, 1.82) is 0 Å². The molecule has 76 valence electrons. The van der Waals surface area contributed by atoms with Crippen LogP contribution in [0.2, 0.25) is 5.02 Å². The van der Waals surface area contributed by atoms with E-state index >= 15 is 0 Å². The zero-order chi connectivity index (χ0) is 9.97. The van der Waals surface area contributed by atoms with Gasteiger partial charge in [-0.2, -0.15) is 0 Å². The topological polar surface area (TPSA) is 35.2 Å². The minimum atomic E-state index is 0.458. The summed E-state index contributed by atoms with van der Waals surface area (Å²) in [6.07, 6.45) is 2.57. The molecule has 0 saturated heterocycles. The highest BCUT2D eigenvalue weighted by molar-refractivity contribution is 6.32. The molecule has 0 spiro atoms. The molecule has 0 unspecified atom stereocenters. The van der Waals surface area contributed by atoms with Crippen molar-refractivity contribution in [2.24, 2.45) is 11.7 Å². The molecule has 1 aromatic carbocycles. The molecule has 2 nitrogen and oxygen atoms in total. The lowest BCUT2D eigenvalue weighted by Gasteiger charge is -2.09. The lowest BCUT2D eigenvalue weighted by atomic mass is 10.2. The molecule has 1 aliphatic rings. The number of benzene rings is 1. The van der Waals surface area contributed by atoms with Crippen molar-refractivity contribution in [3.05, 3.63) is 28.8 Å². The molecule has 0 aliphatic heterocycles. The molecule has 0 heterocycles. The fourth-order valence-electron chi connectivity index (χ4n) is 1.32. The summed E-state index contributed by atoms with van der Waals surface area (Å²) in [5.41, 5.74) is 6.49. The second-order valence-electron chi connectivity index (χ2n) is 3.69. The van der Waals surface area contributed by atoms with E-state index < -0.39 is 0 Å². The van der Waals surface area contributed by atoms with E-state index in [0.717, 1.165) is 23.8 Å². The van der Waals surface area contributed by atoms with Crippen LogP contribution in [0.3, 0.4) is 0 Å². The second-order valence-corrected chi connectivity index (χ2v) is 4.07. The molecule has 0 amide bonds. The Morgan fingerprint density at radius 2 is 2.21 bits per heavy atom. The highest BCUT2D eigenvalue weighted by Gasteiger charge is 2.22. The van der Waals surface area contributed by atoms with E-state index in [1.807, 2.05) is 18.2 Å². The largest absolute Gasteiger partial charge is 0.492 e. The zero-order valence-electron chi connectivity index (χ0n) is 8.00. The Labute approximate surface area is 89.0 Å². The number of nitrogens with two attached hydrogens (primary N) is 1. The first-order valence-corrected chi connectivity index (χ1v) is 5.29. The molecule has 3 heteroatoms. The smallest absolute Gasteiger partial charge is 0.138 e. The summed E-state index contributed by atoms with van der Waals surface area (Å²) in [4.78, 5) is 0. The van der Waals surface area contributed by atoms with Crippen molar-refractivity contribution in [1.82, 2.24) is 0 Å². The van der Waals surface area contributed by atoms with Gasteiger partial charge < -0.3 is 10.5 Å². The Kier molecular flexibility index (Phi) is 2.94. The number of ether oxygens (including phenoxy) is 1. The highest BCUT2D eigenvalue weighted by Crippen LogP contribution is 2.32. The molecule has 0 bridgehead atoms. The minimum Gasteiger partial charge on any atom is -0.492 e. The molecule has 1 saturated carbocycles. The molecule has 1 aromatic rings. The van der Waals surface area contributed by atoms with E-state index in [4.69, 9.17) is 22.1 Å². The first-order chi connectivity index (χ1) is 6.81. The van der Waals surface area contributed by atoms with E-state index in [0.29, 0.717) is 11.6 Å². The lowest BCUT2D eigenvalue weighted by molar-refractivity contribution is 0.299. The van der Waals surface area contributed by atoms with Crippen LogP contribution in [0.15, 0.2) is 18.2 Å². The maximum absolute atomic E-state index is 6.11. The number of hydrogen-bond acceptors (Lipinski definition) is 2. The SMILES string of the molecule is NCc1cccc(OCC2CC2)c1Cl. The summed E-state index contributed by atoms with van der Waals surface area (Å²) in [5, 5.41) is 0.663. The maximum atomic E-state index is 6.11. The van der Waals surface area contributed by atoms with Crippen LogP contribution in [-0.2, 0) is 6.54 Å². The Hall–Kier alpha value is -0.730. The van der Waals surface area contributed by atoms with E-state index in [1.54, 1.807) is 0 Å². The maximum Gasteiger partial charge on any atom is 0.138 e. The normalized spacial score (nSPS) is 15.6. The number of halogens is 1. The summed E-state index contributed by atoms with van der Waals surface area (Å²) >= 11 is 6.11. The zero-order valence-corrected chi connectivity index (χ0v) is 8.76. The van der Waals surface area contributed by atoms with E-state index in [-0.39, 0.29) is 0 Å². The fraction of sp³-hybridized carbons (Fsp3) is 0.455. The third kappa shape index (κ3) is 2.20. The van der Waals surface area contributed by atoms with Crippen molar-refractivity contribution in [3.8, 4) is 5.75 Å². The fourth-order valence-corrected chi connectivity index (χ4v) is 1.58. The summed E-state index contributed by atoms with van der Waals surface area (Å²) in [6, 6.07) is 5.74. The van der Waals surface area contributed by atoms with Gasteiger partial charge in [-0.15, -0.1) is 0 Å². The van der Waals surface area contributed by atoms with Gasteiger partial charge in [0.25, 0.3) is 0 Å². The van der Waals surface area contributed by atoms with Gasteiger partial charge in [0.1, 0.15) is 5.75 Å². The van der Waals surface area contributed by atoms with Crippen LogP contribution < -0.4 is 10.5 Å². The molecule has 2 N–H and O–H groups in total. The van der Waals surface area contributed by atoms with Gasteiger partial charge in [-0.05, 0) is 30.4 Å². The first-order valence-electron chi connectivity index (χ1n) is 4.91. The van der Waals surface area contributed by atoms with Gasteiger partial charge in [-0.3, -0.25) is 0 Å². The lowest BCUT2D eigenvalue weighted by Crippen LogP contribution is -2.02. The Balaban J connectivity index is 2.06. The van der Waals surface area contributed by atoms with Crippen molar-refractivity contribution >= 4 is 11.6 Å². The molecule has 1 fully saturated rings. The predicted molar refractivity (Wildman–Crippen MR) is 57.6 cm³/mol. The van der Waals surface area contributed by atoms with Crippen molar-refractivity contribution in [3.63, 3.8) is 0 Å². The summed E-state index contributed by atoms with van der Waals surface area (Å²) in [6.45, 7) is 1.24. The van der Waals surface area contributed by atoms with Gasteiger partial charge >= 0.3 is 0 Å². The van der Waals surface area contributed by atoms with E-state index in [2.05, 4.69) is 0 Å². The monoisotopic (exact) mass is 211 g/mol. The van der Waals surface area contributed by atoms with Gasteiger partial charge in [0.05, 0.1) is 11.6 Å². The first kappa shape index (κ1) is 9.81. The van der Waals surface area contributed by atoms with Crippen molar-refractivity contribution < 1.29 is 4.74 Å². The Morgan fingerprint density at radius 3 is 2.86 bits per heavy atom. The highest BCUT2D eigenvalue weighted by atomic mass is 35.5. The van der Waals surface area contributed by atoms with E-state index in [1.165, 1.54) is 12.8 Å². The van der Waals surface area contributed by atoms with Gasteiger partial charge in [0.15, 0.2) is 0 Å². The van der Waals surface area contributed by atoms with E-state index in [9.17, 15) is 0 Å². The standard InChI is InChI=1S/C11H14ClNO/c12-11-9(6-13)2-1-3-10(11)14-7-8-4-5-8/h1-3,8H,4-7,13H2. The average molecular weight is 212 g/mol. The molecule has 0 aromatic heterocycles. The summed E-state index contributed by atoms with van der Waals surface area (Å²) in [7, 11) is 0. The Bertz CT molecular complexity index is 323. The van der Waals surface area contributed by atoms with Crippen LogP contribution in [0, 0.1) is 5.92 Å². The average Bonchev–Trinajstić information content (AvgIpc) is 3.00. The minimum absolute atomic E-state index is 0.458. The Morgan fingerprint density at radius 1 is 1.43 bits per heavy atom. The van der Waals surface area contributed by atoms with Crippen LogP contribution in [0.4, 0.5) is 0 Å². The molecular formula is C11H14ClNO. The van der Waals surface area contributed by atoms with Crippen molar-refractivity contribution in [2.75, 3.05) is 6.61 Å². The van der Waals surface area contributed by atoms with Crippen LogP contribution in [0.25, 0.3) is 0 Å². The van der Waals surface area contributed by atoms with Gasteiger partial charge in [0.2, 0.25) is 0 Å². The van der Waals surface area contributed by atoms with Crippen LogP contribution >= 0.6 is 11.6 Å². The van der Waals surface area contributed by atoms with Gasteiger partial charge in [-0.25, -0.2) is 0 Å². The van der Waals surface area contributed by atoms with Gasteiger partial charge in [0, 0.05) is 6.54 Å². The van der Waals surface area contributed by atoms with Crippen LogP contribution in [0.1, 0.15) is 18.4 Å². The molecule has 14 heavy (non-hydrogen) atoms. The van der Waals surface area contributed by atoms with Crippen molar-refractivity contribution in [2.45, 2.75) is 19.4 Å². The second kappa shape index (κ2) is 4.20. The van der Waals surface area contributed by atoms with Crippen LogP contribution in [0.5, 0.6) is 5.75 Å². The molecule has 0 radical (unpaired) electrons. The third-order valence-electron chi connectivity index (χ3n) is 2.43. The molecule has 2 rings (SSSR count). The number of hydrogen-bond donors (Lipinski definition) is 1. The molecular weight excluding hydrogens is 198 g/mol. The van der Waals surface area contributed by atoms with Gasteiger partial charge in [-0.1, -0.05) is 23.7 Å². The summed E-state index contributed by atoms with van der Waals surface area (Å²) in [5.74, 6) is 1.51.